The van der Waals surface area contributed by atoms with Gasteiger partial charge in [-0.2, -0.15) is 18.4 Å². The third kappa shape index (κ3) is 2.14. The Labute approximate surface area is 86.1 Å². The summed E-state index contributed by atoms with van der Waals surface area (Å²) >= 11 is 0. The van der Waals surface area contributed by atoms with Gasteiger partial charge in [0.15, 0.2) is 5.78 Å². The fraction of sp³-hybridized carbons (Fsp3) is 0.800. The van der Waals surface area contributed by atoms with Gasteiger partial charge in [-0.3, -0.25) is 4.79 Å². The van der Waals surface area contributed by atoms with Gasteiger partial charge in [0.25, 0.3) is 0 Å². The van der Waals surface area contributed by atoms with Gasteiger partial charge >= 0.3 is 6.18 Å². The molecule has 0 bridgehead atoms. The van der Waals surface area contributed by atoms with Crippen molar-refractivity contribution in [2.75, 3.05) is 0 Å². The predicted molar refractivity (Wildman–Crippen MR) is 46.8 cm³/mol. The highest BCUT2D eigenvalue weighted by Gasteiger charge is 2.59. The molecule has 1 fully saturated rings. The Balaban J connectivity index is 2.96. The average Bonchev–Trinajstić information content (AvgIpc) is 2.17. The number of halogens is 3. The van der Waals surface area contributed by atoms with Crippen molar-refractivity contribution in [1.82, 2.24) is 0 Å². The lowest BCUT2D eigenvalue weighted by Gasteiger charge is -2.36. The molecule has 15 heavy (non-hydrogen) atoms. The average molecular weight is 219 g/mol. The number of nitriles is 1. The Morgan fingerprint density at radius 3 is 2.20 bits per heavy atom. The van der Waals surface area contributed by atoms with Gasteiger partial charge in [0.1, 0.15) is 5.41 Å². The van der Waals surface area contributed by atoms with Gasteiger partial charge in [-0.1, -0.05) is 19.3 Å². The zero-order chi connectivity index (χ0) is 11.5. The fourth-order valence-electron chi connectivity index (χ4n) is 2.12. The molecule has 2 nitrogen and oxygen atoms in total. The lowest BCUT2D eigenvalue weighted by molar-refractivity contribution is -0.228. The van der Waals surface area contributed by atoms with Gasteiger partial charge in [-0.25, -0.2) is 0 Å². The zero-order valence-electron chi connectivity index (χ0n) is 8.23. The van der Waals surface area contributed by atoms with Gasteiger partial charge in [-0.05, 0) is 12.8 Å². The monoisotopic (exact) mass is 219 g/mol. The van der Waals surface area contributed by atoms with Crippen LogP contribution in [-0.2, 0) is 4.79 Å². The Morgan fingerprint density at radius 1 is 1.27 bits per heavy atom. The first-order valence-electron chi connectivity index (χ1n) is 4.91. The van der Waals surface area contributed by atoms with Gasteiger partial charge in [-0.15, -0.1) is 0 Å². The molecule has 0 radical (unpaired) electrons. The Morgan fingerprint density at radius 2 is 1.80 bits per heavy atom. The summed E-state index contributed by atoms with van der Waals surface area (Å²) < 4.78 is 38.5. The SMILES string of the molecule is N#CCC(=O)C1(C(F)(F)F)CCCCC1. The fourth-order valence-corrected chi connectivity index (χ4v) is 2.12. The maximum atomic E-state index is 12.8. The van der Waals surface area contributed by atoms with Crippen LogP contribution in [0.1, 0.15) is 38.5 Å². The molecule has 1 aliphatic rings. The van der Waals surface area contributed by atoms with Crippen molar-refractivity contribution in [3.63, 3.8) is 0 Å². The van der Waals surface area contributed by atoms with Crippen LogP contribution in [0.2, 0.25) is 0 Å². The van der Waals surface area contributed by atoms with E-state index in [-0.39, 0.29) is 12.8 Å². The van der Waals surface area contributed by atoms with Gasteiger partial charge in [0, 0.05) is 0 Å². The van der Waals surface area contributed by atoms with Crippen LogP contribution in [0.15, 0.2) is 0 Å². The quantitative estimate of drug-likeness (QED) is 0.716. The molecule has 1 rings (SSSR count). The van der Waals surface area contributed by atoms with Crippen molar-refractivity contribution < 1.29 is 18.0 Å². The van der Waals surface area contributed by atoms with Crippen molar-refractivity contribution in [1.29, 1.82) is 5.26 Å². The number of hydrogen-bond acceptors (Lipinski definition) is 2. The first-order valence-corrected chi connectivity index (χ1v) is 4.91. The van der Waals surface area contributed by atoms with E-state index in [0.717, 1.165) is 6.42 Å². The first kappa shape index (κ1) is 12.0. The van der Waals surface area contributed by atoms with Crippen LogP contribution in [0.25, 0.3) is 0 Å². The molecule has 1 aliphatic carbocycles. The van der Waals surface area contributed by atoms with Crippen molar-refractivity contribution in [3.05, 3.63) is 0 Å². The van der Waals surface area contributed by atoms with E-state index in [2.05, 4.69) is 0 Å². The van der Waals surface area contributed by atoms with Crippen LogP contribution < -0.4 is 0 Å². The van der Waals surface area contributed by atoms with E-state index in [1.165, 1.54) is 6.07 Å². The summed E-state index contributed by atoms with van der Waals surface area (Å²) in [5, 5.41) is 8.31. The molecule has 0 aromatic heterocycles. The third-order valence-corrected chi connectivity index (χ3v) is 3.02. The van der Waals surface area contributed by atoms with Gasteiger partial charge in [0.05, 0.1) is 12.5 Å². The standard InChI is InChI=1S/C10H12F3NO/c11-10(12,13)9(8(15)4-7-14)5-2-1-3-6-9/h1-6H2. The minimum atomic E-state index is -4.51. The lowest BCUT2D eigenvalue weighted by atomic mass is 9.70. The molecule has 0 heterocycles. The summed E-state index contributed by atoms with van der Waals surface area (Å²) in [5.41, 5.74) is -2.24. The van der Waals surface area contributed by atoms with Crippen LogP contribution in [0.5, 0.6) is 0 Å². The number of alkyl halides is 3. The number of nitrogens with zero attached hydrogens (tertiary/aromatic N) is 1. The minimum Gasteiger partial charge on any atom is -0.298 e. The van der Waals surface area contributed by atoms with E-state index in [1.54, 1.807) is 0 Å². The molecule has 5 heteroatoms. The van der Waals surface area contributed by atoms with E-state index in [4.69, 9.17) is 5.26 Å². The number of ketones is 1. The minimum absolute atomic E-state index is 0.156. The molecule has 0 spiro atoms. The van der Waals surface area contributed by atoms with E-state index >= 15 is 0 Å². The second-order valence-electron chi connectivity index (χ2n) is 3.90. The Bertz CT molecular complexity index is 284. The highest BCUT2D eigenvalue weighted by atomic mass is 19.4. The summed E-state index contributed by atoms with van der Waals surface area (Å²) in [6.45, 7) is 0. The highest BCUT2D eigenvalue weighted by Crippen LogP contribution is 2.50. The Hall–Kier alpha value is -1.05. The number of Topliss-reactive ketones (excluding diaryl/α,β-unsaturated/α-hetero) is 1. The molecule has 0 unspecified atom stereocenters. The van der Waals surface area contributed by atoms with E-state index in [0.29, 0.717) is 12.8 Å². The summed E-state index contributed by atoms with van der Waals surface area (Å²) in [6.07, 6.45) is -3.90. The number of carbonyl (C=O) groups excluding carboxylic acids is 1. The summed E-state index contributed by atoms with van der Waals surface area (Å²) in [5.74, 6) is -0.961. The van der Waals surface area contributed by atoms with Crippen molar-refractivity contribution in [2.24, 2.45) is 5.41 Å². The van der Waals surface area contributed by atoms with Crippen LogP contribution in [0.3, 0.4) is 0 Å². The lowest BCUT2D eigenvalue weighted by Crippen LogP contribution is -2.46. The van der Waals surface area contributed by atoms with Gasteiger partial charge in [0.2, 0.25) is 0 Å². The molecule has 0 aromatic carbocycles. The molecule has 0 saturated heterocycles. The first-order chi connectivity index (χ1) is 6.94. The number of hydrogen-bond donors (Lipinski definition) is 0. The zero-order valence-corrected chi connectivity index (χ0v) is 8.23. The van der Waals surface area contributed by atoms with E-state index < -0.39 is 23.8 Å². The second-order valence-corrected chi connectivity index (χ2v) is 3.90. The molecule has 0 N–H and O–H groups in total. The predicted octanol–water partition coefficient (Wildman–Crippen LogP) is 2.98. The van der Waals surface area contributed by atoms with Crippen LogP contribution in [0.4, 0.5) is 13.2 Å². The summed E-state index contributed by atoms with van der Waals surface area (Å²) in [6, 6.07) is 1.51. The summed E-state index contributed by atoms with van der Waals surface area (Å²) in [7, 11) is 0. The largest absolute Gasteiger partial charge is 0.401 e. The van der Waals surface area contributed by atoms with Crippen molar-refractivity contribution in [2.45, 2.75) is 44.7 Å². The molecule has 1 saturated carbocycles. The van der Waals surface area contributed by atoms with Crippen LogP contribution in [-0.4, -0.2) is 12.0 Å². The molecule has 0 aliphatic heterocycles. The third-order valence-electron chi connectivity index (χ3n) is 3.02. The summed E-state index contributed by atoms with van der Waals surface area (Å²) in [4.78, 5) is 11.4. The molecule has 0 amide bonds. The smallest absolute Gasteiger partial charge is 0.298 e. The normalized spacial score (nSPS) is 20.7. The van der Waals surface area contributed by atoms with Crippen LogP contribution >= 0.6 is 0 Å². The molecule has 84 valence electrons. The maximum absolute atomic E-state index is 12.8. The van der Waals surface area contributed by atoms with Crippen LogP contribution in [0, 0.1) is 16.7 Å². The Kier molecular flexibility index (Phi) is 3.38. The number of rotatable bonds is 2. The second kappa shape index (κ2) is 4.21. The van der Waals surface area contributed by atoms with E-state index in [1.807, 2.05) is 0 Å². The molecule has 0 aromatic rings. The number of carbonyl (C=O) groups is 1. The highest BCUT2D eigenvalue weighted by molar-refractivity contribution is 5.87. The van der Waals surface area contributed by atoms with Crippen molar-refractivity contribution in [3.8, 4) is 6.07 Å². The van der Waals surface area contributed by atoms with E-state index in [9.17, 15) is 18.0 Å². The maximum Gasteiger partial charge on any atom is 0.401 e. The van der Waals surface area contributed by atoms with Crippen molar-refractivity contribution >= 4 is 5.78 Å². The topological polar surface area (TPSA) is 40.9 Å². The van der Waals surface area contributed by atoms with Gasteiger partial charge < -0.3 is 0 Å². The molecular weight excluding hydrogens is 207 g/mol. The molecule has 0 atom stereocenters. The molecular formula is C10H12F3NO.